The summed E-state index contributed by atoms with van der Waals surface area (Å²) in [6.45, 7) is 3.68. The van der Waals surface area contributed by atoms with Gasteiger partial charge in [-0.05, 0) is 37.9 Å². The van der Waals surface area contributed by atoms with Crippen LogP contribution < -0.4 is 5.73 Å². The van der Waals surface area contributed by atoms with Crippen LogP contribution in [0.5, 0.6) is 0 Å². The van der Waals surface area contributed by atoms with Crippen LogP contribution in [0.1, 0.15) is 22.5 Å². The summed E-state index contributed by atoms with van der Waals surface area (Å²) in [6.07, 6.45) is 0.877. The predicted octanol–water partition coefficient (Wildman–Crippen LogP) is 3.35. The van der Waals surface area contributed by atoms with Crippen molar-refractivity contribution in [3.8, 4) is 0 Å². The van der Waals surface area contributed by atoms with Crippen molar-refractivity contribution in [1.29, 1.82) is 0 Å². The van der Waals surface area contributed by atoms with E-state index < -0.39 is 4.92 Å². The molecule has 2 N–H and O–H groups in total. The van der Waals surface area contributed by atoms with Crippen molar-refractivity contribution < 1.29 is 9.72 Å². The quantitative estimate of drug-likeness (QED) is 0.594. The molecule has 0 spiro atoms. The molecule has 2 aromatic rings. The van der Waals surface area contributed by atoms with Gasteiger partial charge in [-0.3, -0.25) is 14.9 Å². The van der Waals surface area contributed by atoms with Crippen molar-refractivity contribution >= 4 is 47.1 Å². The lowest BCUT2D eigenvalue weighted by Gasteiger charge is -2.16. The van der Waals surface area contributed by atoms with Gasteiger partial charge in [0.1, 0.15) is 0 Å². The highest BCUT2D eigenvalue weighted by Gasteiger charge is 2.27. The Hall–Kier alpha value is -1.68. The number of aryl methyl sites for hydroxylation is 1. The minimum Gasteiger partial charge on any atom is -0.338 e. The molecule has 2 heterocycles. The van der Waals surface area contributed by atoms with E-state index in [1.165, 1.54) is 29.2 Å². The number of thiazole rings is 1. The molecule has 140 valence electrons. The molecule has 26 heavy (non-hydrogen) atoms. The topological polar surface area (TPSA) is 102 Å². The number of benzene rings is 1. The lowest BCUT2D eigenvalue weighted by molar-refractivity contribution is -0.387. The molecule has 0 saturated carbocycles. The van der Waals surface area contributed by atoms with E-state index in [0.29, 0.717) is 36.0 Å². The Labute approximate surface area is 165 Å². The van der Waals surface area contributed by atoms with Gasteiger partial charge < -0.3 is 10.6 Å². The molecule has 1 saturated heterocycles. The summed E-state index contributed by atoms with van der Waals surface area (Å²) >= 11 is 2.69. The first-order chi connectivity index (χ1) is 12.0. The van der Waals surface area contributed by atoms with Crippen molar-refractivity contribution in [2.75, 3.05) is 19.6 Å². The number of nitro groups is 1. The lowest BCUT2D eigenvalue weighted by atomic mass is 10.1. The highest BCUT2D eigenvalue weighted by atomic mass is 35.5. The third-order valence-corrected chi connectivity index (χ3v) is 6.23. The number of halogens is 1. The molecule has 1 aliphatic rings. The number of hydrogen-bond donors (Lipinski definition) is 1. The van der Waals surface area contributed by atoms with E-state index in [9.17, 15) is 14.9 Å². The standard InChI is InChI=1S/C16H18N4O3S2.ClH/c1-10-9-24-16(18-10)25-14-3-2-12(6-13(14)20(22)23)15(21)19-5-4-11(7-17)8-19;/h2-3,6,9,11H,4-5,7-8,17H2,1H3;1H. The molecule has 3 rings (SSSR count). The number of carbonyl (C=O) groups excluding carboxylic acids is 1. The van der Waals surface area contributed by atoms with E-state index in [0.717, 1.165) is 16.5 Å². The van der Waals surface area contributed by atoms with Gasteiger partial charge in [-0.25, -0.2) is 4.98 Å². The van der Waals surface area contributed by atoms with Crippen molar-refractivity contribution in [3.05, 3.63) is 45.0 Å². The zero-order valence-corrected chi connectivity index (χ0v) is 16.5. The third-order valence-electron chi connectivity index (χ3n) is 4.10. The summed E-state index contributed by atoms with van der Waals surface area (Å²) < 4.78 is 0.741. The molecule has 1 aromatic heterocycles. The average molecular weight is 415 g/mol. The Kier molecular flexibility index (Phi) is 6.99. The summed E-state index contributed by atoms with van der Waals surface area (Å²) in [6, 6.07) is 4.64. The number of rotatable bonds is 5. The van der Waals surface area contributed by atoms with E-state index in [2.05, 4.69) is 4.98 Å². The second-order valence-corrected chi connectivity index (χ2v) is 8.09. The van der Waals surface area contributed by atoms with Gasteiger partial charge >= 0.3 is 0 Å². The smallest absolute Gasteiger partial charge is 0.284 e. The van der Waals surface area contributed by atoms with Crippen LogP contribution in [-0.2, 0) is 0 Å². The lowest BCUT2D eigenvalue weighted by Crippen LogP contribution is -2.29. The zero-order valence-electron chi connectivity index (χ0n) is 14.1. The number of hydrogen-bond acceptors (Lipinski definition) is 7. The predicted molar refractivity (Wildman–Crippen MR) is 104 cm³/mol. The SMILES string of the molecule is Cc1csc(Sc2ccc(C(=O)N3CCC(CN)C3)cc2[N+](=O)[O-])n1.Cl. The Morgan fingerprint density at radius 3 is 2.88 bits per heavy atom. The molecular formula is C16H19ClN4O3S2. The largest absolute Gasteiger partial charge is 0.338 e. The minimum absolute atomic E-state index is 0. The number of amides is 1. The van der Waals surface area contributed by atoms with Crippen LogP contribution in [0.25, 0.3) is 0 Å². The average Bonchev–Trinajstić information content (AvgIpc) is 3.23. The number of nitrogens with zero attached hydrogens (tertiary/aromatic N) is 3. The van der Waals surface area contributed by atoms with Gasteiger partial charge in [0, 0.05) is 35.8 Å². The van der Waals surface area contributed by atoms with Gasteiger partial charge in [0.25, 0.3) is 11.6 Å². The number of nitro benzene ring substituents is 1. The Morgan fingerprint density at radius 1 is 1.54 bits per heavy atom. The van der Waals surface area contributed by atoms with Gasteiger partial charge in [-0.1, -0.05) is 11.8 Å². The molecule has 1 aliphatic heterocycles. The normalized spacial score (nSPS) is 16.4. The molecule has 0 bridgehead atoms. The maximum atomic E-state index is 12.6. The van der Waals surface area contributed by atoms with Crippen molar-refractivity contribution in [2.45, 2.75) is 22.6 Å². The maximum absolute atomic E-state index is 12.6. The molecule has 1 aromatic carbocycles. The first kappa shape index (κ1) is 20.6. The van der Waals surface area contributed by atoms with Crippen LogP contribution in [-0.4, -0.2) is 40.3 Å². The molecule has 1 unspecified atom stereocenters. The van der Waals surface area contributed by atoms with Crippen LogP contribution in [0.15, 0.2) is 32.8 Å². The van der Waals surface area contributed by atoms with Crippen LogP contribution in [0, 0.1) is 23.0 Å². The van der Waals surface area contributed by atoms with Crippen molar-refractivity contribution in [2.24, 2.45) is 11.7 Å². The summed E-state index contributed by atoms with van der Waals surface area (Å²) in [5.74, 6) is 0.127. The van der Waals surface area contributed by atoms with Gasteiger partial charge in [0.15, 0.2) is 4.34 Å². The van der Waals surface area contributed by atoms with Crippen LogP contribution in [0.3, 0.4) is 0 Å². The highest BCUT2D eigenvalue weighted by molar-refractivity contribution is 8.01. The fourth-order valence-corrected chi connectivity index (χ4v) is 4.62. The summed E-state index contributed by atoms with van der Waals surface area (Å²) in [4.78, 5) is 30.1. The van der Waals surface area contributed by atoms with Gasteiger partial charge in [-0.15, -0.1) is 23.7 Å². The van der Waals surface area contributed by atoms with Crippen LogP contribution >= 0.6 is 35.5 Å². The molecule has 1 fully saturated rings. The molecule has 1 amide bonds. The summed E-state index contributed by atoms with van der Waals surface area (Å²) in [7, 11) is 0. The third kappa shape index (κ3) is 4.53. The molecule has 0 aliphatic carbocycles. The van der Waals surface area contributed by atoms with Gasteiger partial charge in [0.2, 0.25) is 0 Å². The molecule has 0 radical (unpaired) electrons. The zero-order chi connectivity index (χ0) is 18.0. The first-order valence-corrected chi connectivity index (χ1v) is 9.55. The van der Waals surface area contributed by atoms with Gasteiger partial charge in [-0.2, -0.15) is 0 Å². The number of carbonyl (C=O) groups is 1. The van der Waals surface area contributed by atoms with Crippen LogP contribution in [0.4, 0.5) is 5.69 Å². The molecular weight excluding hydrogens is 396 g/mol. The molecule has 7 nitrogen and oxygen atoms in total. The number of aromatic nitrogens is 1. The van der Waals surface area contributed by atoms with E-state index in [4.69, 9.17) is 5.73 Å². The van der Waals surface area contributed by atoms with Crippen molar-refractivity contribution in [3.63, 3.8) is 0 Å². The highest BCUT2D eigenvalue weighted by Crippen LogP contribution is 2.37. The first-order valence-electron chi connectivity index (χ1n) is 7.85. The fraction of sp³-hybridized carbons (Fsp3) is 0.375. The van der Waals surface area contributed by atoms with E-state index in [1.54, 1.807) is 17.0 Å². The second-order valence-electron chi connectivity index (χ2n) is 5.94. The number of likely N-dealkylation sites (tertiary alicyclic amines) is 1. The Morgan fingerprint density at radius 2 is 2.31 bits per heavy atom. The second kappa shape index (κ2) is 8.81. The van der Waals surface area contributed by atoms with Crippen LogP contribution in [0.2, 0.25) is 0 Å². The molecule has 1 atom stereocenters. The van der Waals surface area contributed by atoms with Gasteiger partial charge in [0.05, 0.1) is 9.82 Å². The fourth-order valence-electron chi connectivity index (χ4n) is 2.74. The Balaban J connectivity index is 0.00000243. The van der Waals surface area contributed by atoms with E-state index in [1.807, 2.05) is 12.3 Å². The summed E-state index contributed by atoms with van der Waals surface area (Å²) in [5, 5.41) is 13.3. The minimum atomic E-state index is -0.452. The monoisotopic (exact) mass is 414 g/mol. The Bertz CT molecular complexity index is 815. The van der Waals surface area contributed by atoms with E-state index >= 15 is 0 Å². The maximum Gasteiger partial charge on any atom is 0.284 e. The molecule has 10 heteroatoms. The number of nitrogens with two attached hydrogens (primary N) is 1. The van der Waals surface area contributed by atoms with E-state index in [-0.39, 0.29) is 24.0 Å². The summed E-state index contributed by atoms with van der Waals surface area (Å²) in [5.41, 5.74) is 6.80. The van der Waals surface area contributed by atoms with Crippen molar-refractivity contribution in [1.82, 2.24) is 9.88 Å².